The number of ether oxygens (including phenoxy) is 1. The third-order valence-electron chi connectivity index (χ3n) is 11.1. The Morgan fingerprint density at radius 1 is 0.800 bits per heavy atom. The molecule has 2 saturated heterocycles. The summed E-state index contributed by atoms with van der Waals surface area (Å²) < 4.78 is 4.79. The highest BCUT2D eigenvalue weighted by Crippen LogP contribution is 2.53. The number of hydrogen-bond acceptors (Lipinski definition) is 6. The summed E-state index contributed by atoms with van der Waals surface area (Å²) in [6, 6.07) is 22.2. The molecule has 2 saturated carbocycles. The SMILES string of the molecule is COC(=O)N[C@H](C(=O)N1[C@@H]2C[C@@H]2C[C@H]1c1ncc(-c2ccc(-c3ccc4cc(-c5cnc([C@@H]6C[C@H]7C[C@H]7N6)[nH]5)ccc4c3)cc2)[nH]1)C(C)C.Cl. The number of methoxy groups -OCH3 is 1. The molecule has 0 spiro atoms. The van der Waals surface area contributed by atoms with E-state index in [-0.39, 0.29) is 36.3 Å². The third-order valence-corrected chi connectivity index (χ3v) is 11.1. The number of alkyl carbamates (subject to hydrolysis) is 1. The van der Waals surface area contributed by atoms with Crippen LogP contribution >= 0.6 is 12.4 Å². The predicted molar refractivity (Wildman–Crippen MR) is 194 cm³/mol. The van der Waals surface area contributed by atoms with Crippen molar-refractivity contribution in [1.29, 1.82) is 0 Å². The molecule has 11 heteroatoms. The Kier molecular flexibility index (Phi) is 8.19. The van der Waals surface area contributed by atoms with Crippen LogP contribution in [0, 0.1) is 17.8 Å². The molecule has 2 aliphatic carbocycles. The average Bonchev–Trinajstić information content (AvgIpc) is 3.68. The zero-order valence-corrected chi connectivity index (χ0v) is 29.2. The number of rotatable bonds is 8. The first kappa shape index (κ1) is 32.5. The first-order valence-corrected chi connectivity index (χ1v) is 17.5. The minimum absolute atomic E-state index is 0. The summed E-state index contributed by atoms with van der Waals surface area (Å²) in [5.41, 5.74) is 6.44. The highest BCUT2D eigenvalue weighted by Gasteiger charge is 2.56. The van der Waals surface area contributed by atoms with Crippen molar-refractivity contribution in [3.8, 4) is 33.6 Å². The quantitative estimate of drug-likeness (QED) is 0.137. The Balaban J connectivity index is 0.00000361. The number of benzene rings is 3. The van der Waals surface area contributed by atoms with Crippen molar-refractivity contribution in [1.82, 2.24) is 35.5 Å². The molecule has 2 amide bonds. The van der Waals surface area contributed by atoms with E-state index in [4.69, 9.17) is 14.7 Å². The van der Waals surface area contributed by atoms with E-state index in [1.165, 1.54) is 30.7 Å². The Bertz CT molecular complexity index is 2060. The number of halogens is 1. The molecular weight excluding hydrogens is 650 g/mol. The molecule has 10 nitrogen and oxygen atoms in total. The summed E-state index contributed by atoms with van der Waals surface area (Å²) in [6.07, 6.45) is 7.59. The lowest BCUT2D eigenvalue weighted by Gasteiger charge is -2.31. The van der Waals surface area contributed by atoms with Gasteiger partial charge >= 0.3 is 6.09 Å². The van der Waals surface area contributed by atoms with Gasteiger partial charge in [-0.3, -0.25) is 4.79 Å². The molecule has 2 aliphatic heterocycles. The van der Waals surface area contributed by atoms with Crippen molar-refractivity contribution < 1.29 is 14.3 Å². The molecule has 4 heterocycles. The van der Waals surface area contributed by atoms with Gasteiger partial charge in [0.2, 0.25) is 5.91 Å². The van der Waals surface area contributed by atoms with Crippen LogP contribution < -0.4 is 10.6 Å². The Labute approximate surface area is 297 Å². The summed E-state index contributed by atoms with van der Waals surface area (Å²) in [5, 5.41) is 8.81. The van der Waals surface area contributed by atoms with Crippen LogP contribution in [0.5, 0.6) is 0 Å². The van der Waals surface area contributed by atoms with Crippen molar-refractivity contribution in [3.63, 3.8) is 0 Å². The van der Waals surface area contributed by atoms with Crippen LogP contribution in [0.1, 0.15) is 63.3 Å². The number of aromatic amines is 2. The number of fused-ring (bicyclic) bond motifs is 3. The molecule has 50 heavy (non-hydrogen) atoms. The maximum atomic E-state index is 13.7. The predicted octanol–water partition coefficient (Wildman–Crippen LogP) is 7.17. The largest absolute Gasteiger partial charge is 0.453 e. The van der Waals surface area contributed by atoms with E-state index in [1.807, 2.05) is 31.1 Å². The molecule has 0 radical (unpaired) electrons. The topological polar surface area (TPSA) is 128 Å². The van der Waals surface area contributed by atoms with Crippen LogP contribution in [0.2, 0.25) is 0 Å². The molecule has 7 atom stereocenters. The average molecular weight is 692 g/mol. The van der Waals surface area contributed by atoms with E-state index in [0.717, 1.165) is 64.1 Å². The standard InChI is InChI=1S/C39H41N7O3.ClH/c1-20(2)35(45-39(48)49-3)38(47)46-33-16-28(33)17-34(46)37-41-18-31(44-37)22-6-4-21(5-7-22)23-8-9-25-13-26(11-10-24(25)12-23)32-19-40-36(43-32)30-15-27-14-29(27)42-30;/h4-13,18-20,27-30,33-35,42H,14-17H2,1-3H3,(H,40,43)(H,41,44)(H,45,48);1H/t27-,28-,29-,30+,33-,34+,35+;/m1./s1. The molecular formula is C39H42ClN7O3. The van der Waals surface area contributed by atoms with Gasteiger partial charge in [0.1, 0.15) is 17.7 Å². The summed E-state index contributed by atoms with van der Waals surface area (Å²) in [7, 11) is 1.31. The lowest BCUT2D eigenvalue weighted by molar-refractivity contribution is -0.136. The summed E-state index contributed by atoms with van der Waals surface area (Å²) in [5.74, 6) is 2.99. The van der Waals surface area contributed by atoms with Crippen molar-refractivity contribution >= 4 is 35.2 Å². The van der Waals surface area contributed by atoms with Gasteiger partial charge in [0.15, 0.2) is 0 Å². The fourth-order valence-corrected chi connectivity index (χ4v) is 8.16. The number of H-pyrrole nitrogens is 2. The van der Waals surface area contributed by atoms with Crippen LogP contribution in [0.15, 0.2) is 73.1 Å². The van der Waals surface area contributed by atoms with Crippen LogP contribution in [0.4, 0.5) is 4.79 Å². The van der Waals surface area contributed by atoms with E-state index >= 15 is 0 Å². The number of carbonyl (C=O) groups is 2. The number of carbonyl (C=O) groups excluding carboxylic acids is 2. The molecule has 4 N–H and O–H groups in total. The molecule has 5 aromatic rings. The zero-order valence-electron chi connectivity index (χ0n) is 28.4. The summed E-state index contributed by atoms with van der Waals surface area (Å²) in [4.78, 5) is 44.2. The lowest BCUT2D eigenvalue weighted by Crippen LogP contribution is -2.52. The summed E-state index contributed by atoms with van der Waals surface area (Å²) in [6.45, 7) is 3.87. The molecule has 9 rings (SSSR count). The number of piperidine rings is 2. The molecule has 4 fully saturated rings. The van der Waals surface area contributed by atoms with Gasteiger partial charge in [-0.25, -0.2) is 14.8 Å². The molecule has 2 aromatic heterocycles. The minimum Gasteiger partial charge on any atom is -0.453 e. The van der Waals surface area contributed by atoms with Crippen LogP contribution in [-0.2, 0) is 9.53 Å². The Morgan fingerprint density at radius 2 is 1.44 bits per heavy atom. The fourth-order valence-electron chi connectivity index (χ4n) is 8.16. The van der Waals surface area contributed by atoms with E-state index in [9.17, 15) is 9.59 Å². The third kappa shape index (κ3) is 5.84. The Hall–Kier alpha value is -4.67. The number of hydrogen-bond donors (Lipinski definition) is 4. The number of likely N-dealkylation sites (tertiary alicyclic amines) is 1. The van der Waals surface area contributed by atoms with Crippen LogP contribution in [0.25, 0.3) is 44.4 Å². The second kappa shape index (κ2) is 12.6. The normalized spacial score (nSPS) is 25.2. The van der Waals surface area contributed by atoms with Gasteiger partial charge in [-0.05, 0) is 83.0 Å². The minimum atomic E-state index is -0.651. The summed E-state index contributed by atoms with van der Waals surface area (Å²) >= 11 is 0. The highest BCUT2D eigenvalue weighted by atomic mass is 35.5. The molecule has 4 aliphatic rings. The van der Waals surface area contributed by atoms with Crippen molar-refractivity contribution in [2.24, 2.45) is 17.8 Å². The van der Waals surface area contributed by atoms with Gasteiger partial charge in [0.05, 0.1) is 43.0 Å². The number of amides is 2. The first-order valence-electron chi connectivity index (χ1n) is 17.5. The maximum Gasteiger partial charge on any atom is 0.407 e. The molecule has 3 aromatic carbocycles. The smallest absolute Gasteiger partial charge is 0.407 e. The van der Waals surface area contributed by atoms with E-state index in [0.29, 0.717) is 18.0 Å². The zero-order chi connectivity index (χ0) is 33.4. The van der Waals surface area contributed by atoms with Gasteiger partial charge in [-0.15, -0.1) is 12.4 Å². The van der Waals surface area contributed by atoms with E-state index < -0.39 is 12.1 Å². The number of aromatic nitrogens is 4. The van der Waals surface area contributed by atoms with Gasteiger partial charge in [-0.2, -0.15) is 0 Å². The fraction of sp³-hybridized carbons (Fsp3) is 0.385. The second-order valence-corrected chi connectivity index (χ2v) is 14.7. The van der Waals surface area contributed by atoms with E-state index in [1.54, 1.807) is 0 Å². The Morgan fingerprint density at radius 3 is 2.14 bits per heavy atom. The van der Waals surface area contributed by atoms with Crippen LogP contribution in [-0.4, -0.2) is 62.1 Å². The van der Waals surface area contributed by atoms with Gasteiger partial charge in [0, 0.05) is 17.6 Å². The maximum absolute atomic E-state index is 13.7. The van der Waals surface area contributed by atoms with Crippen molar-refractivity contribution in [2.75, 3.05) is 7.11 Å². The molecule has 258 valence electrons. The monoisotopic (exact) mass is 691 g/mol. The number of nitrogens with zero attached hydrogens (tertiary/aromatic N) is 3. The van der Waals surface area contributed by atoms with Crippen molar-refractivity contribution in [2.45, 2.75) is 69.7 Å². The van der Waals surface area contributed by atoms with Crippen LogP contribution in [0.3, 0.4) is 0 Å². The van der Waals surface area contributed by atoms with Crippen molar-refractivity contribution in [3.05, 3.63) is 84.7 Å². The molecule has 0 bridgehead atoms. The second-order valence-electron chi connectivity index (χ2n) is 14.7. The van der Waals surface area contributed by atoms with Gasteiger partial charge in [-0.1, -0.05) is 62.4 Å². The lowest BCUT2D eigenvalue weighted by atomic mass is 9.98. The highest BCUT2D eigenvalue weighted by molar-refractivity contribution is 5.91. The first-order chi connectivity index (χ1) is 23.8. The number of nitrogens with one attached hydrogen (secondary N) is 4. The molecule has 0 unspecified atom stereocenters. The number of imidazole rings is 2. The van der Waals surface area contributed by atoms with Gasteiger partial charge in [0.25, 0.3) is 0 Å². The van der Waals surface area contributed by atoms with Gasteiger partial charge < -0.3 is 30.2 Å². The van der Waals surface area contributed by atoms with E-state index in [2.05, 4.69) is 81.3 Å².